The van der Waals surface area contributed by atoms with E-state index in [1.54, 1.807) is 36.4 Å². The standard InChI is InChI=1S/C28H22N2O10S3.2Na.2H2O.2H/c1-39-25-19(5-3-7-23(25)42(33,34)35)27(31)29-15-9-11-17-18-12-10-16(14-22(18)41-21(17)13-15)30-28(32)20-6-4-8-24(26(20)40-2)43(36,37)38;;;;;;/h3-14H,1-2H3,(H,29,31)(H,30,32)(H,33,34,35)(H,36,37,38);;;2*1H2;;. The van der Waals surface area contributed by atoms with Gasteiger partial charge in [-0.15, -0.1) is 11.3 Å². The molecule has 0 aliphatic heterocycles. The number of carbonyl (C=O) groups is 2. The molecule has 0 spiro atoms. The predicted molar refractivity (Wildman–Crippen MR) is 182 cm³/mol. The van der Waals surface area contributed by atoms with E-state index in [0.717, 1.165) is 32.3 Å². The fraction of sp³-hybridized carbons (Fsp3) is 0.0714. The normalized spacial score (nSPS) is 10.8. The van der Waals surface area contributed by atoms with Crippen molar-refractivity contribution in [3.63, 3.8) is 0 Å². The summed E-state index contributed by atoms with van der Waals surface area (Å²) in [6.07, 6.45) is 0. The average molecular weight is 727 g/mol. The van der Waals surface area contributed by atoms with E-state index in [2.05, 4.69) is 10.6 Å². The third kappa shape index (κ3) is 8.90. The number of ether oxygens (including phenoxy) is 2. The van der Waals surface area contributed by atoms with Crippen LogP contribution in [0.2, 0.25) is 0 Å². The van der Waals surface area contributed by atoms with Crippen LogP contribution in [-0.4, -0.2) is 122 Å². The predicted octanol–water partition coefficient (Wildman–Crippen LogP) is 2.12. The van der Waals surface area contributed by atoms with E-state index in [9.17, 15) is 35.5 Å². The SMILES string of the molecule is COc1c(C(=O)Nc2ccc3c(c2)sc2cc(NC(=O)c4cccc(S(=O)(=O)O)c4OC)ccc23)cccc1S(=O)(=O)O.O.O.[NaH].[NaH]. The van der Waals surface area contributed by atoms with Crippen molar-refractivity contribution in [2.75, 3.05) is 24.9 Å². The number of carbonyl (C=O) groups excluding carboxylic acids is 2. The molecule has 19 heteroatoms. The number of methoxy groups -OCH3 is 2. The van der Waals surface area contributed by atoms with E-state index in [1.807, 2.05) is 0 Å². The summed E-state index contributed by atoms with van der Waals surface area (Å²) in [5.74, 6) is -1.88. The third-order valence-electron chi connectivity index (χ3n) is 6.40. The van der Waals surface area contributed by atoms with Crippen LogP contribution in [0.4, 0.5) is 11.4 Å². The number of hydrogen-bond acceptors (Lipinski definition) is 9. The first-order valence-electron chi connectivity index (χ1n) is 12.2. The maximum absolute atomic E-state index is 13.0. The van der Waals surface area contributed by atoms with Gasteiger partial charge in [0.1, 0.15) is 9.79 Å². The van der Waals surface area contributed by atoms with Gasteiger partial charge >= 0.3 is 59.1 Å². The number of thiophene rings is 1. The summed E-state index contributed by atoms with van der Waals surface area (Å²) >= 11 is 1.39. The number of anilines is 2. The van der Waals surface area contributed by atoms with Crippen molar-refractivity contribution < 1.29 is 56.0 Å². The second-order valence-electron chi connectivity index (χ2n) is 9.06. The molecule has 5 aromatic rings. The van der Waals surface area contributed by atoms with Gasteiger partial charge in [-0.25, -0.2) is 0 Å². The van der Waals surface area contributed by atoms with Crippen molar-refractivity contribution in [3.05, 3.63) is 83.9 Å². The fourth-order valence-electron chi connectivity index (χ4n) is 4.55. The van der Waals surface area contributed by atoms with Gasteiger partial charge in [0.2, 0.25) is 0 Å². The Morgan fingerprint density at radius 3 is 1.32 bits per heavy atom. The minimum absolute atomic E-state index is 0. The molecule has 0 atom stereocenters. The number of hydrogen-bond donors (Lipinski definition) is 4. The molecular formula is C28H28N2Na2O12S3. The molecular weight excluding hydrogens is 698 g/mol. The van der Waals surface area contributed by atoms with Crippen molar-refractivity contribution in [2.24, 2.45) is 0 Å². The van der Waals surface area contributed by atoms with Crippen LogP contribution >= 0.6 is 11.3 Å². The second kappa shape index (κ2) is 16.7. The third-order valence-corrected chi connectivity index (χ3v) is 9.27. The zero-order chi connectivity index (χ0) is 31.1. The summed E-state index contributed by atoms with van der Waals surface area (Å²) in [6, 6.07) is 18.0. The number of rotatable bonds is 8. The van der Waals surface area contributed by atoms with Crippen molar-refractivity contribution in [1.82, 2.24) is 0 Å². The summed E-state index contributed by atoms with van der Waals surface area (Å²) in [7, 11) is -6.88. The van der Waals surface area contributed by atoms with Gasteiger partial charge in [-0.05, 0) is 48.5 Å². The second-order valence-corrected chi connectivity index (χ2v) is 12.9. The Balaban J connectivity index is 0.00000276. The molecule has 242 valence electrons. The van der Waals surface area contributed by atoms with E-state index < -0.39 is 41.8 Å². The van der Waals surface area contributed by atoms with E-state index in [0.29, 0.717) is 11.4 Å². The Bertz CT molecular complexity index is 2020. The van der Waals surface area contributed by atoms with Crippen LogP contribution < -0.4 is 20.1 Å². The molecule has 5 rings (SSSR count). The van der Waals surface area contributed by atoms with Crippen LogP contribution in [0, 0.1) is 0 Å². The summed E-state index contributed by atoms with van der Waals surface area (Å²) < 4.78 is 77.5. The minimum atomic E-state index is -4.63. The molecule has 0 saturated heterocycles. The van der Waals surface area contributed by atoms with Crippen LogP contribution in [0.1, 0.15) is 20.7 Å². The first-order valence-corrected chi connectivity index (χ1v) is 15.9. The average Bonchev–Trinajstić information content (AvgIpc) is 3.32. The van der Waals surface area contributed by atoms with Crippen LogP contribution in [-0.2, 0) is 20.2 Å². The molecule has 0 aliphatic carbocycles. The van der Waals surface area contributed by atoms with E-state index in [-0.39, 0.29) is 92.7 Å². The molecule has 0 unspecified atom stereocenters. The molecule has 0 radical (unpaired) electrons. The molecule has 0 fully saturated rings. The van der Waals surface area contributed by atoms with Gasteiger partial charge in [0.15, 0.2) is 11.5 Å². The Kier molecular flexibility index (Phi) is 15.0. The van der Waals surface area contributed by atoms with E-state index in [4.69, 9.17) is 9.47 Å². The van der Waals surface area contributed by atoms with Crippen molar-refractivity contribution in [2.45, 2.75) is 9.79 Å². The van der Waals surface area contributed by atoms with Gasteiger partial charge in [-0.3, -0.25) is 18.7 Å². The van der Waals surface area contributed by atoms with Crippen LogP contribution in [0.3, 0.4) is 0 Å². The van der Waals surface area contributed by atoms with Gasteiger partial charge in [0.05, 0.1) is 25.3 Å². The van der Waals surface area contributed by atoms with E-state index >= 15 is 0 Å². The molecule has 2 amide bonds. The quantitative estimate of drug-likeness (QED) is 0.134. The first kappa shape index (κ1) is 42.4. The first-order chi connectivity index (χ1) is 20.3. The van der Waals surface area contributed by atoms with Crippen LogP contribution in [0.25, 0.3) is 20.2 Å². The van der Waals surface area contributed by atoms with Crippen molar-refractivity contribution in [1.29, 1.82) is 0 Å². The van der Waals surface area contributed by atoms with Gasteiger partial charge < -0.3 is 31.1 Å². The zero-order valence-corrected chi connectivity index (χ0v) is 25.8. The number of amides is 2. The van der Waals surface area contributed by atoms with Crippen LogP contribution in [0.5, 0.6) is 11.5 Å². The Labute approximate surface area is 317 Å². The molecule has 0 aliphatic rings. The molecule has 1 aromatic heterocycles. The maximum atomic E-state index is 13.0. The number of benzene rings is 4. The number of fused-ring (bicyclic) bond motifs is 3. The summed E-state index contributed by atoms with van der Waals surface area (Å²) in [6.45, 7) is 0. The Morgan fingerprint density at radius 1 is 0.638 bits per heavy atom. The van der Waals surface area contributed by atoms with Gasteiger partial charge in [0, 0.05) is 31.5 Å². The number of nitrogens with one attached hydrogen (secondary N) is 2. The Hall–Kier alpha value is -2.62. The van der Waals surface area contributed by atoms with Gasteiger partial charge in [-0.1, -0.05) is 24.3 Å². The molecule has 14 nitrogen and oxygen atoms in total. The summed E-state index contributed by atoms with van der Waals surface area (Å²) in [5, 5.41) is 7.18. The molecule has 47 heavy (non-hydrogen) atoms. The van der Waals surface area contributed by atoms with E-state index in [1.165, 1.54) is 49.8 Å². The van der Waals surface area contributed by atoms with Crippen LogP contribution in [0.15, 0.2) is 82.6 Å². The van der Waals surface area contributed by atoms with Crippen molar-refractivity contribution in [3.8, 4) is 11.5 Å². The fourth-order valence-corrected chi connectivity index (χ4v) is 7.09. The molecule has 0 bridgehead atoms. The zero-order valence-electron chi connectivity index (χ0n) is 23.3. The Morgan fingerprint density at radius 2 is 1.00 bits per heavy atom. The van der Waals surface area contributed by atoms with Gasteiger partial charge in [-0.2, -0.15) is 16.8 Å². The molecule has 0 saturated carbocycles. The molecule has 8 N–H and O–H groups in total. The number of para-hydroxylation sites is 2. The summed E-state index contributed by atoms with van der Waals surface area (Å²) in [5.41, 5.74) is 0.659. The van der Waals surface area contributed by atoms with Gasteiger partial charge in [0.25, 0.3) is 32.1 Å². The molecule has 4 aromatic carbocycles. The summed E-state index contributed by atoms with van der Waals surface area (Å²) in [4.78, 5) is 24.9. The van der Waals surface area contributed by atoms with Crippen molar-refractivity contribution >= 4 is 134 Å². The topological polar surface area (TPSA) is 248 Å². The monoisotopic (exact) mass is 726 g/mol. The molecule has 1 heterocycles.